The second kappa shape index (κ2) is 14.7. The highest BCUT2D eigenvalue weighted by Crippen LogP contribution is 2.59. The lowest BCUT2D eigenvalue weighted by molar-refractivity contribution is -0.160. The fourth-order valence-electron chi connectivity index (χ4n) is 7.93. The van der Waals surface area contributed by atoms with E-state index in [1.807, 2.05) is 35.2 Å². The minimum atomic E-state index is -1.15. The molecule has 6 atom stereocenters. The summed E-state index contributed by atoms with van der Waals surface area (Å²) in [7, 11) is 0. The van der Waals surface area contributed by atoms with E-state index in [2.05, 4.69) is 18.5 Å². The molecule has 1 spiro atoms. The van der Waals surface area contributed by atoms with Gasteiger partial charge in [-0.25, -0.2) is 0 Å². The molecule has 3 aliphatic heterocycles. The van der Waals surface area contributed by atoms with E-state index >= 15 is 0 Å². The van der Waals surface area contributed by atoms with Gasteiger partial charge >= 0.3 is 5.97 Å². The molecule has 45 heavy (non-hydrogen) atoms. The molecule has 10 heteroatoms. The van der Waals surface area contributed by atoms with Crippen LogP contribution in [0, 0.1) is 11.8 Å². The molecule has 1 aliphatic carbocycles. The molecule has 1 aromatic carbocycles. The maximum Gasteiger partial charge on any atom is 0.313 e. The topological polar surface area (TPSA) is 125 Å². The maximum atomic E-state index is 14.5. The first-order chi connectivity index (χ1) is 21.9. The van der Waals surface area contributed by atoms with E-state index in [1.54, 1.807) is 17.1 Å². The predicted octanol–water partition coefficient (Wildman–Crippen LogP) is 3.46. The number of nitrogens with one attached hydrogen (secondary N) is 1. The number of ether oxygens (including phenoxy) is 2. The van der Waals surface area contributed by atoms with Crippen molar-refractivity contribution >= 4 is 23.7 Å². The van der Waals surface area contributed by atoms with Gasteiger partial charge in [-0.05, 0) is 44.1 Å². The molecule has 4 aliphatic rings. The number of hydrogen-bond donors (Lipinski definition) is 2. The van der Waals surface area contributed by atoms with Gasteiger partial charge in [-0.15, -0.1) is 13.2 Å². The van der Waals surface area contributed by atoms with Gasteiger partial charge in [-0.2, -0.15) is 0 Å². The number of fused-ring (bicyclic) bond motifs is 1. The van der Waals surface area contributed by atoms with Crippen LogP contribution in [0.5, 0.6) is 0 Å². The van der Waals surface area contributed by atoms with Crippen LogP contribution in [0.2, 0.25) is 0 Å². The summed E-state index contributed by atoms with van der Waals surface area (Å²) in [5, 5.41) is 12.5. The first-order valence-corrected chi connectivity index (χ1v) is 16.5. The van der Waals surface area contributed by atoms with Gasteiger partial charge in [-0.1, -0.05) is 61.7 Å². The van der Waals surface area contributed by atoms with Crippen LogP contribution in [0.4, 0.5) is 0 Å². The van der Waals surface area contributed by atoms with Crippen molar-refractivity contribution < 1.29 is 33.8 Å². The molecule has 4 fully saturated rings. The molecule has 1 aromatic rings. The molecular weight excluding hydrogens is 574 g/mol. The van der Waals surface area contributed by atoms with Gasteiger partial charge in [-0.3, -0.25) is 19.2 Å². The monoisotopic (exact) mass is 621 g/mol. The summed E-state index contributed by atoms with van der Waals surface area (Å²) in [5.41, 5.74) is -0.427. The third-order valence-electron chi connectivity index (χ3n) is 9.98. The Morgan fingerprint density at radius 2 is 1.89 bits per heavy atom. The molecule has 0 aromatic heterocycles. The van der Waals surface area contributed by atoms with E-state index in [-0.39, 0.29) is 49.9 Å². The van der Waals surface area contributed by atoms with Crippen LogP contribution in [-0.4, -0.2) is 88.6 Å². The molecule has 0 unspecified atom stereocenters. The molecule has 1 saturated carbocycles. The number of aliphatic hydroxyl groups is 1. The quantitative estimate of drug-likeness (QED) is 0.227. The Labute approximate surface area is 265 Å². The number of likely N-dealkylation sites (tertiary alicyclic amines) is 1. The molecule has 3 heterocycles. The van der Waals surface area contributed by atoms with Gasteiger partial charge in [0.25, 0.3) is 0 Å². The van der Waals surface area contributed by atoms with Crippen LogP contribution in [0.25, 0.3) is 0 Å². The average molecular weight is 622 g/mol. The van der Waals surface area contributed by atoms with Crippen LogP contribution < -0.4 is 5.32 Å². The Kier molecular flexibility index (Phi) is 10.8. The van der Waals surface area contributed by atoms with E-state index in [0.717, 1.165) is 37.7 Å². The molecule has 5 rings (SSSR count). The Morgan fingerprint density at radius 1 is 1.13 bits per heavy atom. The molecule has 0 radical (unpaired) electrons. The number of hydrogen-bond acceptors (Lipinski definition) is 7. The summed E-state index contributed by atoms with van der Waals surface area (Å²) in [6.07, 6.45) is 9.23. The van der Waals surface area contributed by atoms with Crippen molar-refractivity contribution in [1.29, 1.82) is 0 Å². The van der Waals surface area contributed by atoms with Crippen molar-refractivity contribution in [1.82, 2.24) is 15.1 Å². The second-order valence-electron chi connectivity index (χ2n) is 12.7. The van der Waals surface area contributed by atoms with E-state index in [9.17, 15) is 24.3 Å². The van der Waals surface area contributed by atoms with Crippen LogP contribution in [0.3, 0.4) is 0 Å². The minimum absolute atomic E-state index is 0.0576. The minimum Gasteiger partial charge on any atom is -0.455 e. The fourth-order valence-corrected chi connectivity index (χ4v) is 7.93. The SMILES string of the molecule is C=CCCC(=O)NC[C@H](OC(=O)[C@@H]1[C@@H]2CC[C@]3(O2)[C@H](C(=O)N(CC=C)C2CCCCC2)N(CCCO)C(=O)[C@@H]13)c1ccccc1. The van der Waals surface area contributed by atoms with Gasteiger partial charge in [0.05, 0.1) is 24.5 Å². The number of aliphatic hydroxyl groups excluding tert-OH is 1. The fraction of sp³-hybridized carbons (Fsp3) is 0.600. The highest BCUT2D eigenvalue weighted by atomic mass is 16.6. The normalized spacial score (nSPS) is 27.9. The zero-order valence-electron chi connectivity index (χ0n) is 26.1. The molecule has 2 bridgehead atoms. The molecule has 2 N–H and O–H groups in total. The van der Waals surface area contributed by atoms with Crippen molar-refractivity contribution in [2.75, 3.05) is 26.2 Å². The van der Waals surface area contributed by atoms with E-state index in [1.165, 1.54) is 0 Å². The predicted molar refractivity (Wildman–Crippen MR) is 168 cm³/mol. The highest BCUT2D eigenvalue weighted by Gasteiger charge is 2.75. The number of carbonyl (C=O) groups excluding carboxylic acids is 4. The molecule has 3 amide bonds. The zero-order chi connectivity index (χ0) is 32.0. The lowest BCUT2D eigenvalue weighted by Gasteiger charge is -2.40. The molecular formula is C35H47N3O7. The van der Waals surface area contributed by atoms with E-state index in [4.69, 9.17) is 9.47 Å². The van der Waals surface area contributed by atoms with Crippen molar-refractivity contribution in [3.8, 4) is 0 Å². The summed E-state index contributed by atoms with van der Waals surface area (Å²) >= 11 is 0. The van der Waals surface area contributed by atoms with E-state index < -0.39 is 41.7 Å². The Hall–Kier alpha value is -3.50. The van der Waals surface area contributed by atoms with Crippen molar-refractivity contribution in [2.24, 2.45) is 11.8 Å². The molecule has 3 saturated heterocycles. The van der Waals surface area contributed by atoms with Crippen LogP contribution in [0.15, 0.2) is 55.6 Å². The standard InChI is InChI=1S/C35H47N3O7/c1-3-5-17-28(40)36-23-27(24-13-8-6-9-14-24)44-34(43)29-26-18-19-35(45-26)30(29)32(41)38(21-12-22-39)31(35)33(42)37(20-4-2)25-15-10-7-11-16-25/h3-4,6,8-9,13-14,25-27,29-31,39H,1-2,5,7,10-12,15-23H2,(H,36,40)/t26-,27-,29+,30+,31-,35+/m0/s1. The number of carbonyl (C=O) groups is 4. The average Bonchev–Trinajstić information content (AvgIpc) is 3.71. The molecule has 244 valence electrons. The lowest BCUT2D eigenvalue weighted by Crippen LogP contribution is -2.58. The molecule has 10 nitrogen and oxygen atoms in total. The Bertz CT molecular complexity index is 1250. The number of benzene rings is 1. The maximum absolute atomic E-state index is 14.5. The second-order valence-corrected chi connectivity index (χ2v) is 12.7. The number of nitrogens with zero attached hydrogens (tertiary/aromatic N) is 2. The lowest BCUT2D eigenvalue weighted by atomic mass is 9.70. The smallest absolute Gasteiger partial charge is 0.313 e. The van der Waals surface area contributed by atoms with Gasteiger partial charge in [0.2, 0.25) is 17.7 Å². The van der Waals surface area contributed by atoms with Gasteiger partial charge in [0.1, 0.15) is 17.7 Å². The van der Waals surface area contributed by atoms with Crippen LogP contribution in [0.1, 0.15) is 75.9 Å². The van der Waals surface area contributed by atoms with E-state index in [0.29, 0.717) is 32.2 Å². The Morgan fingerprint density at radius 3 is 2.58 bits per heavy atom. The number of allylic oxidation sites excluding steroid dienone is 1. The van der Waals surface area contributed by atoms with Gasteiger partial charge in [0.15, 0.2) is 0 Å². The summed E-state index contributed by atoms with van der Waals surface area (Å²) in [6.45, 7) is 8.06. The van der Waals surface area contributed by atoms with Crippen LogP contribution in [-0.2, 0) is 28.7 Å². The summed E-state index contributed by atoms with van der Waals surface area (Å²) < 4.78 is 12.7. The largest absolute Gasteiger partial charge is 0.455 e. The zero-order valence-corrected chi connectivity index (χ0v) is 26.1. The highest BCUT2D eigenvalue weighted by molar-refractivity contribution is 5.98. The third kappa shape index (κ3) is 6.58. The summed E-state index contributed by atoms with van der Waals surface area (Å²) in [5.74, 6) is -2.97. The number of rotatable bonds is 15. The Balaban J connectivity index is 1.41. The van der Waals surface area contributed by atoms with Crippen molar-refractivity contribution in [3.05, 3.63) is 61.2 Å². The van der Waals surface area contributed by atoms with Crippen molar-refractivity contribution in [3.63, 3.8) is 0 Å². The first kappa shape index (κ1) is 32.9. The summed E-state index contributed by atoms with van der Waals surface area (Å²) in [4.78, 5) is 58.6. The van der Waals surface area contributed by atoms with Crippen LogP contribution >= 0.6 is 0 Å². The first-order valence-electron chi connectivity index (χ1n) is 16.5. The third-order valence-corrected chi connectivity index (χ3v) is 9.98. The number of esters is 1. The summed E-state index contributed by atoms with van der Waals surface area (Å²) in [6, 6.07) is 8.36. The van der Waals surface area contributed by atoms with Gasteiger partial charge in [0, 0.05) is 32.2 Å². The van der Waals surface area contributed by atoms with Gasteiger partial charge < -0.3 is 29.7 Å². The number of amides is 3. The van der Waals surface area contributed by atoms with Crippen molar-refractivity contribution in [2.45, 2.75) is 94.1 Å².